The summed E-state index contributed by atoms with van der Waals surface area (Å²) in [5, 5.41) is 3.00. The summed E-state index contributed by atoms with van der Waals surface area (Å²) in [4.78, 5) is 22.5. The fourth-order valence-corrected chi connectivity index (χ4v) is 4.25. The summed E-state index contributed by atoms with van der Waals surface area (Å²) in [6, 6.07) is -0.0563. The highest BCUT2D eigenvalue weighted by molar-refractivity contribution is 5.87. The van der Waals surface area contributed by atoms with Gasteiger partial charge in [0.25, 0.3) is 6.47 Å². The molecule has 0 radical (unpaired) electrons. The fraction of sp³-hybridized carbons (Fsp3) is 0.714. The van der Waals surface area contributed by atoms with Crippen molar-refractivity contribution < 1.29 is 28.5 Å². The van der Waals surface area contributed by atoms with Crippen LogP contribution in [0.1, 0.15) is 74.1 Å². The van der Waals surface area contributed by atoms with Crippen molar-refractivity contribution in [3.05, 3.63) is 36.0 Å². The zero-order valence-corrected chi connectivity index (χ0v) is 22.9. The maximum Gasteiger partial charge on any atom is 0.293 e. The summed E-state index contributed by atoms with van der Waals surface area (Å²) in [6.45, 7) is 15.2. The Bertz CT molecular complexity index is 733. The molecule has 2 heterocycles. The number of amides is 1. The van der Waals surface area contributed by atoms with Crippen LogP contribution in [-0.2, 0) is 28.5 Å². The van der Waals surface area contributed by atoms with Crippen LogP contribution in [0, 0.1) is 5.92 Å². The molecule has 1 amide bonds. The number of carbonyl (C=O) groups excluding carboxylic acids is 2. The minimum Gasteiger partial charge on any atom is -0.461 e. The number of rotatable bonds is 10. The second kappa shape index (κ2) is 15.9. The SMILES string of the molecule is CC.COC1(C)CCOC(/C=C/C(C)=C/CC2OC(C)C(NC(=O)/C=C\C(C)OC=O)CC2C)C1. The number of methoxy groups -OCH3 is 1. The smallest absolute Gasteiger partial charge is 0.293 e. The van der Waals surface area contributed by atoms with Crippen LogP contribution >= 0.6 is 0 Å². The van der Waals surface area contributed by atoms with Gasteiger partial charge in [-0.05, 0) is 59.0 Å². The first-order valence-electron chi connectivity index (χ1n) is 12.9. The van der Waals surface area contributed by atoms with E-state index in [2.05, 4.69) is 44.3 Å². The highest BCUT2D eigenvalue weighted by Crippen LogP contribution is 2.29. The van der Waals surface area contributed by atoms with Crippen LogP contribution in [0.3, 0.4) is 0 Å². The van der Waals surface area contributed by atoms with E-state index in [-0.39, 0.29) is 35.9 Å². The Hall–Kier alpha value is -1.96. The molecule has 7 heteroatoms. The molecule has 0 aromatic carbocycles. The lowest BCUT2D eigenvalue weighted by molar-refractivity contribution is -0.131. The molecule has 1 N–H and O–H groups in total. The zero-order valence-electron chi connectivity index (χ0n) is 22.9. The van der Waals surface area contributed by atoms with Crippen LogP contribution in [0.5, 0.6) is 0 Å². The first-order valence-corrected chi connectivity index (χ1v) is 12.9. The third kappa shape index (κ3) is 11.1. The van der Waals surface area contributed by atoms with Gasteiger partial charge in [0, 0.05) is 19.6 Å². The zero-order chi connectivity index (χ0) is 26.4. The molecule has 0 bridgehead atoms. The molecule has 0 spiro atoms. The van der Waals surface area contributed by atoms with Crippen molar-refractivity contribution in [3.63, 3.8) is 0 Å². The summed E-state index contributed by atoms with van der Waals surface area (Å²) in [6.07, 6.45) is 12.5. The van der Waals surface area contributed by atoms with E-state index in [1.807, 2.05) is 20.8 Å². The summed E-state index contributed by atoms with van der Waals surface area (Å²) < 4.78 is 22.5. The van der Waals surface area contributed by atoms with Crippen LogP contribution in [0.15, 0.2) is 36.0 Å². The molecule has 7 nitrogen and oxygen atoms in total. The number of hydrogen-bond donors (Lipinski definition) is 1. The van der Waals surface area contributed by atoms with E-state index in [0.717, 1.165) is 25.7 Å². The van der Waals surface area contributed by atoms with E-state index >= 15 is 0 Å². The van der Waals surface area contributed by atoms with Gasteiger partial charge in [-0.1, -0.05) is 44.6 Å². The third-order valence-electron chi connectivity index (χ3n) is 6.67. The van der Waals surface area contributed by atoms with Gasteiger partial charge >= 0.3 is 0 Å². The van der Waals surface area contributed by atoms with Crippen LogP contribution in [0.25, 0.3) is 0 Å². The number of carbonyl (C=O) groups is 2. The largest absolute Gasteiger partial charge is 0.461 e. The Morgan fingerprint density at radius 2 is 1.97 bits per heavy atom. The summed E-state index contributed by atoms with van der Waals surface area (Å²) >= 11 is 0. The molecule has 2 rings (SSSR count). The summed E-state index contributed by atoms with van der Waals surface area (Å²) in [5.41, 5.74) is 1.06. The molecule has 0 aromatic heterocycles. The second-order valence-corrected chi connectivity index (χ2v) is 9.56. The molecule has 200 valence electrons. The third-order valence-corrected chi connectivity index (χ3v) is 6.67. The molecule has 0 saturated carbocycles. The lowest BCUT2D eigenvalue weighted by Gasteiger charge is -2.39. The Morgan fingerprint density at radius 1 is 1.26 bits per heavy atom. The molecule has 35 heavy (non-hydrogen) atoms. The monoisotopic (exact) mass is 493 g/mol. The first kappa shape index (κ1) is 31.1. The van der Waals surface area contributed by atoms with Gasteiger partial charge in [-0.15, -0.1) is 0 Å². The van der Waals surface area contributed by atoms with E-state index in [1.165, 1.54) is 11.6 Å². The highest BCUT2D eigenvalue weighted by Gasteiger charge is 2.34. The molecule has 2 aliphatic heterocycles. The Kier molecular flexibility index (Phi) is 14.1. The standard InChI is InChI=1S/C26H41NO6.C2H6/c1-18(7-10-22-16-26(5,30-6)13-14-31-22)8-11-24-19(2)15-23(21(4)33-24)27-25(29)12-9-20(3)32-17-28;1-2/h7-10,12,17,19-24H,11,13-16H2,1-6H3,(H,27,29);1-2H3/b10-7+,12-9-,18-8+;. The van der Waals surface area contributed by atoms with Crippen molar-refractivity contribution in [3.8, 4) is 0 Å². The lowest BCUT2D eigenvalue weighted by Crippen LogP contribution is -2.50. The van der Waals surface area contributed by atoms with Gasteiger partial charge in [0.15, 0.2) is 0 Å². The maximum absolute atomic E-state index is 12.2. The molecule has 7 atom stereocenters. The van der Waals surface area contributed by atoms with Gasteiger partial charge in [0.1, 0.15) is 6.10 Å². The highest BCUT2D eigenvalue weighted by atomic mass is 16.5. The quantitative estimate of drug-likeness (QED) is 0.265. The van der Waals surface area contributed by atoms with Crippen LogP contribution in [0.4, 0.5) is 0 Å². The van der Waals surface area contributed by atoms with Crippen molar-refractivity contribution >= 4 is 12.4 Å². The van der Waals surface area contributed by atoms with Gasteiger partial charge in [-0.25, -0.2) is 0 Å². The van der Waals surface area contributed by atoms with Crippen LogP contribution < -0.4 is 5.32 Å². The predicted molar refractivity (Wildman–Crippen MR) is 139 cm³/mol. The van der Waals surface area contributed by atoms with E-state index in [0.29, 0.717) is 19.0 Å². The molecule has 2 fully saturated rings. The molecule has 7 unspecified atom stereocenters. The molecule has 2 saturated heterocycles. The number of nitrogens with one attached hydrogen (secondary N) is 1. The second-order valence-electron chi connectivity index (χ2n) is 9.56. The number of hydrogen-bond acceptors (Lipinski definition) is 6. The normalized spacial score (nSPS) is 32.6. The molecule has 0 aliphatic carbocycles. The van der Waals surface area contributed by atoms with Crippen molar-refractivity contribution in [2.24, 2.45) is 5.92 Å². The first-order chi connectivity index (χ1) is 16.7. The summed E-state index contributed by atoms with van der Waals surface area (Å²) in [5.74, 6) is 0.0998. The lowest BCUT2D eigenvalue weighted by atomic mass is 9.88. The predicted octanol–water partition coefficient (Wildman–Crippen LogP) is 4.91. The van der Waals surface area contributed by atoms with E-state index in [1.54, 1.807) is 20.1 Å². The molecule has 2 aliphatic rings. The van der Waals surface area contributed by atoms with Crippen LogP contribution in [0.2, 0.25) is 0 Å². The van der Waals surface area contributed by atoms with Crippen molar-refractivity contribution in [1.82, 2.24) is 5.32 Å². The summed E-state index contributed by atoms with van der Waals surface area (Å²) in [7, 11) is 1.77. The number of ether oxygens (including phenoxy) is 4. The van der Waals surface area contributed by atoms with E-state index in [9.17, 15) is 9.59 Å². The Morgan fingerprint density at radius 3 is 2.63 bits per heavy atom. The topological polar surface area (TPSA) is 83.1 Å². The maximum atomic E-state index is 12.2. The minimum absolute atomic E-state index is 0.0563. The average Bonchev–Trinajstić information content (AvgIpc) is 2.84. The van der Waals surface area contributed by atoms with E-state index < -0.39 is 6.10 Å². The Labute approximate surface area is 212 Å². The van der Waals surface area contributed by atoms with Gasteiger partial charge in [-0.3, -0.25) is 9.59 Å². The number of allylic oxidation sites excluding steroid dienone is 2. The van der Waals surface area contributed by atoms with Crippen molar-refractivity contribution in [2.45, 2.75) is 110 Å². The molecular weight excluding hydrogens is 446 g/mol. The van der Waals surface area contributed by atoms with Crippen molar-refractivity contribution in [2.75, 3.05) is 13.7 Å². The van der Waals surface area contributed by atoms with Gasteiger partial charge in [-0.2, -0.15) is 0 Å². The van der Waals surface area contributed by atoms with Crippen molar-refractivity contribution in [1.29, 1.82) is 0 Å². The fourth-order valence-electron chi connectivity index (χ4n) is 4.25. The average molecular weight is 494 g/mol. The van der Waals surface area contributed by atoms with Crippen LogP contribution in [-0.4, -0.2) is 62.2 Å². The van der Waals surface area contributed by atoms with Gasteiger partial charge in [0.05, 0.1) is 36.6 Å². The molecular formula is C28H47NO6. The molecule has 0 aromatic rings. The van der Waals surface area contributed by atoms with E-state index in [4.69, 9.17) is 18.9 Å². The minimum atomic E-state index is -0.435. The van der Waals surface area contributed by atoms with Gasteiger partial charge < -0.3 is 24.3 Å². The van der Waals surface area contributed by atoms with Gasteiger partial charge in [0.2, 0.25) is 5.91 Å². The Balaban J connectivity index is 0.00000298.